The molecular formula is C12H22N2O. The van der Waals surface area contributed by atoms with Gasteiger partial charge < -0.3 is 10.2 Å². The molecule has 3 nitrogen and oxygen atoms in total. The number of carbonyl (C=O) groups excluding carboxylic acids is 1. The van der Waals surface area contributed by atoms with Crippen molar-refractivity contribution in [2.45, 2.75) is 45.1 Å². The molecule has 0 unspecified atom stereocenters. The Labute approximate surface area is 92.2 Å². The van der Waals surface area contributed by atoms with Gasteiger partial charge in [-0.3, -0.25) is 4.79 Å². The van der Waals surface area contributed by atoms with Crippen LogP contribution in [0.25, 0.3) is 0 Å². The Kier molecular flexibility index (Phi) is 3.62. The highest BCUT2D eigenvalue weighted by atomic mass is 16.2. The van der Waals surface area contributed by atoms with Gasteiger partial charge in [-0.15, -0.1) is 0 Å². The van der Waals surface area contributed by atoms with E-state index < -0.39 is 0 Å². The predicted octanol–water partition coefficient (Wildman–Crippen LogP) is 1.39. The smallest absolute Gasteiger partial charge is 0.222 e. The van der Waals surface area contributed by atoms with E-state index in [-0.39, 0.29) is 0 Å². The lowest BCUT2D eigenvalue weighted by Gasteiger charge is -2.32. The van der Waals surface area contributed by atoms with Crippen LogP contribution in [0.1, 0.15) is 39.0 Å². The van der Waals surface area contributed by atoms with Crippen molar-refractivity contribution in [3.63, 3.8) is 0 Å². The van der Waals surface area contributed by atoms with Crippen molar-refractivity contribution in [3.8, 4) is 0 Å². The fourth-order valence-electron chi connectivity index (χ4n) is 2.75. The number of piperazine rings is 1. The van der Waals surface area contributed by atoms with Gasteiger partial charge >= 0.3 is 0 Å². The highest BCUT2D eigenvalue weighted by Gasteiger charge is 2.24. The first-order valence-electron chi connectivity index (χ1n) is 6.27. The van der Waals surface area contributed by atoms with Crippen LogP contribution < -0.4 is 5.32 Å². The zero-order chi connectivity index (χ0) is 10.7. The molecule has 1 saturated heterocycles. The molecule has 1 heterocycles. The van der Waals surface area contributed by atoms with Crippen molar-refractivity contribution < 1.29 is 4.79 Å². The molecule has 3 heteroatoms. The molecule has 1 N–H and O–H groups in total. The molecule has 0 aromatic carbocycles. The zero-order valence-electron chi connectivity index (χ0n) is 9.67. The minimum atomic E-state index is 0.384. The van der Waals surface area contributed by atoms with Crippen molar-refractivity contribution >= 4 is 5.91 Å². The molecular weight excluding hydrogens is 188 g/mol. The van der Waals surface area contributed by atoms with Crippen LogP contribution in [0.15, 0.2) is 0 Å². The predicted molar refractivity (Wildman–Crippen MR) is 60.6 cm³/mol. The molecule has 1 amide bonds. The number of nitrogens with one attached hydrogen (secondary N) is 1. The van der Waals surface area contributed by atoms with Gasteiger partial charge in [0.2, 0.25) is 5.91 Å². The van der Waals surface area contributed by atoms with Crippen molar-refractivity contribution in [2.75, 3.05) is 19.6 Å². The molecule has 1 saturated carbocycles. The summed E-state index contributed by atoms with van der Waals surface area (Å²) in [5.41, 5.74) is 0. The maximum atomic E-state index is 12.0. The Hall–Kier alpha value is -0.570. The van der Waals surface area contributed by atoms with Crippen molar-refractivity contribution in [1.29, 1.82) is 0 Å². The Morgan fingerprint density at radius 3 is 2.80 bits per heavy atom. The van der Waals surface area contributed by atoms with Gasteiger partial charge in [-0.25, -0.2) is 0 Å². The molecule has 1 aliphatic heterocycles. The summed E-state index contributed by atoms with van der Waals surface area (Å²) in [6.45, 7) is 4.90. The number of hydrogen-bond donors (Lipinski definition) is 1. The monoisotopic (exact) mass is 210 g/mol. The second-order valence-electron chi connectivity index (χ2n) is 5.05. The highest BCUT2D eigenvalue weighted by molar-refractivity contribution is 5.76. The number of amides is 1. The average molecular weight is 210 g/mol. The molecule has 2 rings (SSSR count). The molecule has 0 spiro atoms. The zero-order valence-corrected chi connectivity index (χ0v) is 9.67. The lowest BCUT2D eigenvalue weighted by Crippen LogP contribution is -2.51. The Balaban J connectivity index is 1.78. The van der Waals surface area contributed by atoms with E-state index in [4.69, 9.17) is 0 Å². The number of hydrogen-bond acceptors (Lipinski definition) is 2. The third kappa shape index (κ3) is 2.94. The fraction of sp³-hybridized carbons (Fsp3) is 0.917. The molecule has 0 aromatic heterocycles. The molecule has 15 heavy (non-hydrogen) atoms. The van der Waals surface area contributed by atoms with E-state index in [1.807, 2.05) is 4.90 Å². The van der Waals surface area contributed by atoms with Gasteiger partial charge in [0, 0.05) is 32.1 Å². The van der Waals surface area contributed by atoms with Gasteiger partial charge in [0.25, 0.3) is 0 Å². The second kappa shape index (κ2) is 4.97. The van der Waals surface area contributed by atoms with Crippen LogP contribution in [0.2, 0.25) is 0 Å². The average Bonchev–Trinajstić information content (AvgIpc) is 2.70. The summed E-state index contributed by atoms with van der Waals surface area (Å²) in [7, 11) is 0. The van der Waals surface area contributed by atoms with E-state index >= 15 is 0 Å². The standard InChI is InChI=1S/C12H22N2O/c1-10-9-14(7-6-13-10)12(15)8-11-4-2-3-5-11/h10-11,13H,2-9H2,1H3/t10-/m1/s1. The summed E-state index contributed by atoms with van der Waals surface area (Å²) in [6.07, 6.45) is 6.00. The lowest BCUT2D eigenvalue weighted by molar-refractivity contribution is -0.133. The third-order valence-corrected chi connectivity index (χ3v) is 3.66. The van der Waals surface area contributed by atoms with Gasteiger partial charge in [-0.1, -0.05) is 12.8 Å². The summed E-state index contributed by atoms with van der Waals surface area (Å²) < 4.78 is 0. The van der Waals surface area contributed by atoms with E-state index in [1.54, 1.807) is 0 Å². The SMILES string of the molecule is C[C@@H]1CN(C(=O)CC2CCCC2)CCN1. The summed E-state index contributed by atoms with van der Waals surface area (Å²) in [5, 5.41) is 3.37. The highest BCUT2D eigenvalue weighted by Crippen LogP contribution is 2.28. The Morgan fingerprint density at radius 1 is 1.40 bits per heavy atom. The maximum absolute atomic E-state index is 12.0. The van der Waals surface area contributed by atoms with Gasteiger partial charge in [-0.2, -0.15) is 0 Å². The molecule has 86 valence electrons. The first-order chi connectivity index (χ1) is 7.25. The van der Waals surface area contributed by atoms with Crippen molar-refractivity contribution in [3.05, 3.63) is 0 Å². The Morgan fingerprint density at radius 2 is 2.13 bits per heavy atom. The summed E-state index contributed by atoms with van der Waals surface area (Å²) in [6, 6.07) is 0.464. The van der Waals surface area contributed by atoms with Crippen LogP contribution >= 0.6 is 0 Å². The lowest BCUT2D eigenvalue weighted by atomic mass is 10.0. The minimum Gasteiger partial charge on any atom is -0.340 e. The van der Waals surface area contributed by atoms with E-state index in [1.165, 1.54) is 25.7 Å². The van der Waals surface area contributed by atoms with Crippen molar-refractivity contribution in [2.24, 2.45) is 5.92 Å². The van der Waals surface area contributed by atoms with Crippen LogP contribution in [0, 0.1) is 5.92 Å². The molecule has 1 atom stereocenters. The largest absolute Gasteiger partial charge is 0.340 e. The second-order valence-corrected chi connectivity index (χ2v) is 5.05. The quantitative estimate of drug-likeness (QED) is 0.747. The molecule has 0 bridgehead atoms. The molecule has 2 fully saturated rings. The summed E-state index contributed by atoms with van der Waals surface area (Å²) in [4.78, 5) is 14.0. The topological polar surface area (TPSA) is 32.3 Å². The van der Waals surface area contributed by atoms with E-state index in [0.717, 1.165) is 26.1 Å². The van der Waals surface area contributed by atoms with Crippen LogP contribution in [0.3, 0.4) is 0 Å². The summed E-state index contributed by atoms with van der Waals surface area (Å²) >= 11 is 0. The van der Waals surface area contributed by atoms with Crippen LogP contribution in [0.5, 0.6) is 0 Å². The normalized spacial score (nSPS) is 28.3. The van der Waals surface area contributed by atoms with Crippen LogP contribution in [0.4, 0.5) is 0 Å². The van der Waals surface area contributed by atoms with Gasteiger partial charge in [0.15, 0.2) is 0 Å². The van der Waals surface area contributed by atoms with E-state index in [2.05, 4.69) is 12.2 Å². The number of nitrogens with zero attached hydrogens (tertiary/aromatic N) is 1. The first-order valence-corrected chi connectivity index (χ1v) is 6.27. The first kappa shape index (κ1) is 10.9. The Bertz CT molecular complexity index is 224. The van der Waals surface area contributed by atoms with Gasteiger partial charge in [-0.05, 0) is 25.7 Å². The number of carbonyl (C=O) groups is 1. The van der Waals surface area contributed by atoms with Crippen LogP contribution in [-0.2, 0) is 4.79 Å². The molecule has 2 aliphatic rings. The van der Waals surface area contributed by atoms with Gasteiger partial charge in [0.1, 0.15) is 0 Å². The molecule has 0 aromatic rings. The van der Waals surface area contributed by atoms with Crippen molar-refractivity contribution in [1.82, 2.24) is 10.2 Å². The third-order valence-electron chi connectivity index (χ3n) is 3.66. The van der Waals surface area contributed by atoms with Gasteiger partial charge in [0.05, 0.1) is 0 Å². The number of rotatable bonds is 2. The minimum absolute atomic E-state index is 0.384. The fourth-order valence-corrected chi connectivity index (χ4v) is 2.75. The van der Waals surface area contributed by atoms with E-state index in [9.17, 15) is 4.79 Å². The molecule has 1 aliphatic carbocycles. The van der Waals surface area contributed by atoms with E-state index in [0.29, 0.717) is 17.9 Å². The van der Waals surface area contributed by atoms with Crippen LogP contribution in [-0.4, -0.2) is 36.5 Å². The summed E-state index contributed by atoms with van der Waals surface area (Å²) in [5.74, 6) is 1.07. The maximum Gasteiger partial charge on any atom is 0.222 e. The molecule has 0 radical (unpaired) electrons.